The average molecular weight is 293 g/mol. The smallest absolute Gasteiger partial charge is 0.0594 e. The van der Waals surface area contributed by atoms with E-state index in [0.717, 1.165) is 26.3 Å². The van der Waals surface area contributed by atoms with Gasteiger partial charge in [0.05, 0.1) is 19.3 Å². The molecular weight excluding hydrogens is 270 g/mol. The average Bonchev–Trinajstić information content (AvgIpc) is 2.58. The number of ether oxygens (including phenoxy) is 1. The van der Waals surface area contributed by atoms with E-state index in [4.69, 9.17) is 4.74 Å². The highest BCUT2D eigenvalue weighted by Crippen LogP contribution is 2.24. The SMILES string of the molecule is Cc1ccc(C(/C=C/c2ccccc2)N2CCOCC2)cc1. The number of morpholine rings is 1. The third-order valence-corrected chi connectivity index (χ3v) is 4.13. The van der Waals surface area contributed by atoms with Crippen molar-refractivity contribution >= 4 is 6.08 Å². The summed E-state index contributed by atoms with van der Waals surface area (Å²) in [6.07, 6.45) is 4.53. The minimum absolute atomic E-state index is 0.310. The molecular formula is C20H23NO. The minimum Gasteiger partial charge on any atom is -0.379 e. The molecule has 114 valence electrons. The van der Waals surface area contributed by atoms with E-state index in [1.54, 1.807) is 0 Å². The number of benzene rings is 2. The molecule has 22 heavy (non-hydrogen) atoms. The van der Waals surface area contributed by atoms with Gasteiger partial charge in [-0.3, -0.25) is 4.90 Å². The third kappa shape index (κ3) is 3.85. The van der Waals surface area contributed by atoms with Crippen LogP contribution in [-0.2, 0) is 4.74 Å². The maximum absolute atomic E-state index is 5.50. The molecule has 0 aliphatic carbocycles. The third-order valence-electron chi connectivity index (χ3n) is 4.13. The predicted octanol–water partition coefficient (Wildman–Crippen LogP) is 4.08. The number of hydrogen-bond donors (Lipinski definition) is 0. The zero-order chi connectivity index (χ0) is 15.2. The van der Waals surface area contributed by atoms with Crippen molar-refractivity contribution in [3.8, 4) is 0 Å². The van der Waals surface area contributed by atoms with E-state index in [0.29, 0.717) is 6.04 Å². The van der Waals surface area contributed by atoms with Crippen molar-refractivity contribution in [2.75, 3.05) is 26.3 Å². The Morgan fingerprint density at radius 1 is 0.955 bits per heavy atom. The summed E-state index contributed by atoms with van der Waals surface area (Å²) in [6, 6.07) is 19.7. The Kier molecular flexibility index (Phi) is 5.04. The van der Waals surface area contributed by atoms with Crippen molar-refractivity contribution < 1.29 is 4.74 Å². The lowest BCUT2D eigenvalue weighted by molar-refractivity contribution is 0.0254. The molecule has 1 saturated heterocycles. The molecule has 3 rings (SSSR count). The lowest BCUT2D eigenvalue weighted by atomic mass is 10.0. The highest BCUT2D eigenvalue weighted by atomic mass is 16.5. The van der Waals surface area contributed by atoms with Crippen LogP contribution in [0.1, 0.15) is 22.7 Å². The monoisotopic (exact) mass is 293 g/mol. The Morgan fingerprint density at radius 2 is 1.64 bits per heavy atom. The fourth-order valence-corrected chi connectivity index (χ4v) is 2.83. The number of rotatable bonds is 4. The lowest BCUT2D eigenvalue weighted by Crippen LogP contribution is -2.38. The first-order valence-electron chi connectivity index (χ1n) is 7.94. The first-order valence-corrected chi connectivity index (χ1v) is 7.94. The molecule has 0 radical (unpaired) electrons. The van der Waals surface area contributed by atoms with Crippen molar-refractivity contribution in [1.82, 2.24) is 4.90 Å². The van der Waals surface area contributed by atoms with Gasteiger partial charge in [0.2, 0.25) is 0 Å². The summed E-state index contributed by atoms with van der Waals surface area (Å²) in [7, 11) is 0. The molecule has 2 aromatic rings. The molecule has 0 aromatic heterocycles. The predicted molar refractivity (Wildman–Crippen MR) is 91.8 cm³/mol. The molecule has 0 spiro atoms. The maximum atomic E-state index is 5.50. The summed E-state index contributed by atoms with van der Waals surface area (Å²) in [4.78, 5) is 2.49. The van der Waals surface area contributed by atoms with Crippen molar-refractivity contribution in [1.29, 1.82) is 0 Å². The Bertz CT molecular complexity index is 597. The topological polar surface area (TPSA) is 12.5 Å². The van der Waals surface area contributed by atoms with E-state index in [-0.39, 0.29) is 0 Å². The Morgan fingerprint density at radius 3 is 2.32 bits per heavy atom. The molecule has 1 fully saturated rings. The molecule has 0 N–H and O–H groups in total. The van der Waals surface area contributed by atoms with Gasteiger partial charge in [0.1, 0.15) is 0 Å². The normalized spacial score (nSPS) is 17.7. The second-order valence-electron chi connectivity index (χ2n) is 5.77. The molecule has 1 atom stereocenters. The van der Waals surface area contributed by atoms with Crippen LogP contribution < -0.4 is 0 Å². The van der Waals surface area contributed by atoms with Crippen molar-refractivity contribution in [2.45, 2.75) is 13.0 Å². The van der Waals surface area contributed by atoms with Gasteiger partial charge in [-0.05, 0) is 18.1 Å². The summed E-state index contributed by atoms with van der Waals surface area (Å²) in [5, 5.41) is 0. The van der Waals surface area contributed by atoms with Gasteiger partial charge in [0.15, 0.2) is 0 Å². The molecule has 2 nitrogen and oxygen atoms in total. The molecule has 1 unspecified atom stereocenters. The fraction of sp³-hybridized carbons (Fsp3) is 0.300. The molecule has 2 aromatic carbocycles. The number of aryl methyl sites for hydroxylation is 1. The van der Waals surface area contributed by atoms with Gasteiger partial charge in [0, 0.05) is 13.1 Å². The zero-order valence-corrected chi connectivity index (χ0v) is 13.1. The van der Waals surface area contributed by atoms with Crippen LogP contribution in [0, 0.1) is 6.92 Å². The molecule has 0 bridgehead atoms. The molecule has 0 saturated carbocycles. The first-order chi connectivity index (χ1) is 10.8. The summed E-state index contributed by atoms with van der Waals surface area (Å²) in [5.41, 5.74) is 3.89. The van der Waals surface area contributed by atoms with Crippen LogP contribution in [0.5, 0.6) is 0 Å². The standard InChI is InChI=1S/C20H23NO/c1-17-7-10-19(11-8-17)20(21-13-15-22-16-14-21)12-9-18-5-3-2-4-6-18/h2-12,20H,13-16H2,1H3/b12-9+. The zero-order valence-electron chi connectivity index (χ0n) is 13.1. The molecule has 1 heterocycles. The van der Waals surface area contributed by atoms with E-state index < -0.39 is 0 Å². The van der Waals surface area contributed by atoms with Crippen molar-refractivity contribution in [2.24, 2.45) is 0 Å². The second kappa shape index (κ2) is 7.39. The Balaban J connectivity index is 1.85. The maximum Gasteiger partial charge on any atom is 0.0594 e. The quantitative estimate of drug-likeness (QED) is 0.842. The largest absolute Gasteiger partial charge is 0.379 e. The molecule has 1 aliphatic rings. The van der Waals surface area contributed by atoms with Gasteiger partial charge >= 0.3 is 0 Å². The van der Waals surface area contributed by atoms with Gasteiger partial charge in [-0.25, -0.2) is 0 Å². The van der Waals surface area contributed by atoms with Gasteiger partial charge in [-0.2, -0.15) is 0 Å². The van der Waals surface area contributed by atoms with Crippen LogP contribution in [0.3, 0.4) is 0 Å². The Labute approximate surface area is 133 Å². The highest BCUT2D eigenvalue weighted by Gasteiger charge is 2.20. The van der Waals surface area contributed by atoms with E-state index >= 15 is 0 Å². The van der Waals surface area contributed by atoms with Crippen LogP contribution in [0.25, 0.3) is 6.08 Å². The summed E-state index contributed by atoms with van der Waals surface area (Å²) < 4.78 is 5.50. The first kappa shape index (κ1) is 15.0. The van der Waals surface area contributed by atoms with Gasteiger partial charge in [-0.1, -0.05) is 72.3 Å². The van der Waals surface area contributed by atoms with Crippen LogP contribution in [0.4, 0.5) is 0 Å². The number of hydrogen-bond acceptors (Lipinski definition) is 2. The van der Waals surface area contributed by atoms with Crippen LogP contribution in [0.2, 0.25) is 0 Å². The van der Waals surface area contributed by atoms with Crippen LogP contribution >= 0.6 is 0 Å². The molecule has 0 amide bonds. The van der Waals surface area contributed by atoms with Gasteiger partial charge in [0.25, 0.3) is 0 Å². The minimum atomic E-state index is 0.310. The number of nitrogens with zero attached hydrogens (tertiary/aromatic N) is 1. The van der Waals surface area contributed by atoms with E-state index in [1.165, 1.54) is 16.7 Å². The lowest BCUT2D eigenvalue weighted by Gasteiger charge is -2.33. The van der Waals surface area contributed by atoms with E-state index in [2.05, 4.69) is 78.6 Å². The van der Waals surface area contributed by atoms with Gasteiger partial charge < -0.3 is 4.74 Å². The second-order valence-corrected chi connectivity index (χ2v) is 5.77. The summed E-state index contributed by atoms with van der Waals surface area (Å²) in [5.74, 6) is 0. The summed E-state index contributed by atoms with van der Waals surface area (Å²) >= 11 is 0. The van der Waals surface area contributed by atoms with Crippen molar-refractivity contribution in [3.05, 3.63) is 77.4 Å². The van der Waals surface area contributed by atoms with E-state index in [9.17, 15) is 0 Å². The molecule has 1 aliphatic heterocycles. The summed E-state index contributed by atoms with van der Waals surface area (Å²) in [6.45, 7) is 5.74. The van der Waals surface area contributed by atoms with Crippen LogP contribution in [-0.4, -0.2) is 31.2 Å². The van der Waals surface area contributed by atoms with E-state index in [1.807, 2.05) is 0 Å². The van der Waals surface area contributed by atoms with Crippen LogP contribution in [0.15, 0.2) is 60.7 Å². The molecule has 2 heteroatoms. The fourth-order valence-electron chi connectivity index (χ4n) is 2.83. The Hall–Kier alpha value is -1.90. The van der Waals surface area contributed by atoms with Gasteiger partial charge in [-0.15, -0.1) is 0 Å². The highest BCUT2D eigenvalue weighted by molar-refractivity contribution is 5.50. The van der Waals surface area contributed by atoms with Crippen molar-refractivity contribution in [3.63, 3.8) is 0 Å².